The zero-order chi connectivity index (χ0) is 19.7. The van der Waals surface area contributed by atoms with Gasteiger partial charge in [-0.2, -0.15) is 0 Å². The predicted octanol–water partition coefficient (Wildman–Crippen LogP) is 2.24. The third-order valence-electron chi connectivity index (χ3n) is 4.66. The molecule has 1 aromatic carbocycles. The molecule has 2 aliphatic heterocycles. The lowest BCUT2D eigenvalue weighted by Crippen LogP contribution is -2.44. The Morgan fingerprint density at radius 3 is 2.00 bits per heavy atom. The number of rotatable bonds is 7. The van der Waals surface area contributed by atoms with Crippen LogP contribution in [0.3, 0.4) is 0 Å². The smallest absolute Gasteiger partial charge is 0.164 e. The van der Waals surface area contributed by atoms with E-state index in [2.05, 4.69) is 0 Å². The summed E-state index contributed by atoms with van der Waals surface area (Å²) >= 11 is 0. The number of hydrogen-bond donors (Lipinski definition) is 1. The van der Waals surface area contributed by atoms with Crippen molar-refractivity contribution in [3.8, 4) is 5.75 Å². The largest absolute Gasteiger partial charge is 0.497 e. The van der Waals surface area contributed by atoms with Crippen LogP contribution in [0.5, 0.6) is 5.75 Å². The van der Waals surface area contributed by atoms with Gasteiger partial charge in [-0.1, -0.05) is 12.1 Å². The van der Waals surface area contributed by atoms with Gasteiger partial charge < -0.3 is 33.5 Å². The van der Waals surface area contributed by atoms with Crippen LogP contribution < -0.4 is 4.74 Å². The predicted molar refractivity (Wildman–Crippen MR) is 97.4 cm³/mol. The van der Waals surface area contributed by atoms with Gasteiger partial charge in [-0.3, -0.25) is 0 Å². The lowest BCUT2D eigenvalue weighted by atomic mass is 10.0. The molecule has 7 nitrogen and oxygen atoms in total. The maximum atomic E-state index is 9.67. The Bertz CT molecular complexity index is 613. The second-order valence-corrected chi connectivity index (χ2v) is 7.82. The monoisotopic (exact) mass is 382 g/mol. The molecular formula is C20H30O7. The Hall–Kier alpha value is -1.22. The minimum atomic E-state index is -0.775. The molecule has 2 saturated heterocycles. The minimum Gasteiger partial charge on any atom is -0.497 e. The van der Waals surface area contributed by atoms with Gasteiger partial charge in [0, 0.05) is 0 Å². The molecule has 0 saturated carbocycles. The van der Waals surface area contributed by atoms with E-state index >= 15 is 0 Å². The molecule has 2 aliphatic rings. The van der Waals surface area contributed by atoms with Crippen molar-refractivity contribution in [2.45, 2.75) is 70.3 Å². The van der Waals surface area contributed by atoms with E-state index in [1.165, 1.54) is 0 Å². The Morgan fingerprint density at radius 2 is 1.44 bits per heavy atom. The molecule has 0 amide bonds. The molecule has 2 heterocycles. The summed E-state index contributed by atoms with van der Waals surface area (Å²) in [6.07, 6.45) is -1.61. The highest BCUT2D eigenvalue weighted by Crippen LogP contribution is 2.38. The molecule has 1 aromatic rings. The first-order valence-corrected chi connectivity index (χ1v) is 9.26. The molecule has 0 unspecified atom stereocenters. The lowest BCUT2D eigenvalue weighted by molar-refractivity contribution is -0.175. The van der Waals surface area contributed by atoms with Crippen LogP contribution in [0.4, 0.5) is 0 Å². The minimum absolute atomic E-state index is 0.145. The first-order valence-electron chi connectivity index (χ1n) is 9.26. The molecule has 0 aliphatic carbocycles. The molecular weight excluding hydrogens is 352 g/mol. The van der Waals surface area contributed by atoms with Crippen molar-refractivity contribution >= 4 is 0 Å². The van der Waals surface area contributed by atoms with E-state index in [1.54, 1.807) is 7.11 Å². The normalized spacial score (nSPS) is 31.9. The van der Waals surface area contributed by atoms with E-state index in [0.29, 0.717) is 13.2 Å². The fraction of sp³-hybridized carbons (Fsp3) is 0.700. The number of hydrogen-bond acceptors (Lipinski definition) is 7. The molecule has 27 heavy (non-hydrogen) atoms. The van der Waals surface area contributed by atoms with E-state index in [4.69, 9.17) is 28.4 Å². The topological polar surface area (TPSA) is 75.6 Å². The van der Waals surface area contributed by atoms with Gasteiger partial charge in [0.15, 0.2) is 11.6 Å². The van der Waals surface area contributed by atoms with Crippen molar-refractivity contribution in [3.63, 3.8) is 0 Å². The summed E-state index contributed by atoms with van der Waals surface area (Å²) in [5, 5.41) is 9.67. The second-order valence-electron chi connectivity index (χ2n) is 7.82. The third-order valence-corrected chi connectivity index (χ3v) is 4.66. The molecule has 4 atom stereocenters. The summed E-state index contributed by atoms with van der Waals surface area (Å²) < 4.78 is 34.9. The van der Waals surface area contributed by atoms with E-state index in [-0.39, 0.29) is 12.7 Å². The summed E-state index contributed by atoms with van der Waals surface area (Å²) in [4.78, 5) is 0. The maximum absolute atomic E-state index is 9.67. The summed E-state index contributed by atoms with van der Waals surface area (Å²) in [5.41, 5.74) is 1.04. The summed E-state index contributed by atoms with van der Waals surface area (Å²) in [5.74, 6) is -0.721. The first kappa shape index (κ1) is 20.5. The van der Waals surface area contributed by atoms with Crippen LogP contribution in [0.15, 0.2) is 24.3 Å². The van der Waals surface area contributed by atoms with E-state index in [1.807, 2.05) is 52.0 Å². The summed E-state index contributed by atoms with van der Waals surface area (Å²) in [7, 11) is 1.64. The van der Waals surface area contributed by atoms with Gasteiger partial charge in [0.25, 0.3) is 0 Å². The molecule has 0 spiro atoms. The van der Waals surface area contributed by atoms with Crippen LogP contribution in [0, 0.1) is 0 Å². The van der Waals surface area contributed by atoms with Crippen LogP contribution >= 0.6 is 0 Å². The Kier molecular flexibility index (Phi) is 6.10. The van der Waals surface area contributed by atoms with Gasteiger partial charge in [-0.15, -0.1) is 0 Å². The van der Waals surface area contributed by atoms with Crippen LogP contribution in [-0.4, -0.2) is 61.4 Å². The third kappa shape index (κ3) is 4.99. The molecule has 7 heteroatoms. The lowest BCUT2D eigenvalue weighted by Gasteiger charge is -2.25. The number of aliphatic hydroxyl groups is 1. The molecule has 0 radical (unpaired) electrons. The first-order chi connectivity index (χ1) is 12.7. The molecule has 0 bridgehead atoms. The van der Waals surface area contributed by atoms with Crippen molar-refractivity contribution in [1.29, 1.82) is 0 Å². The number of ether oxygens (including phenoxy) is 6. The summed E-state index contributed by atoms with van der Waals surface area (Å²) in [6.45, 7) is 8.02. The number of methoxy groups -OCH3 is 1. The van der Waals surface area contributed by atoms with E-state index < -0.39 is 29.9 Å². The Morgan fingerprint density at radius 1 is 0.889 bits per heavy atom. The average Bonchev–Trinajstić information content (AvgIpc) is 3.10. The van der Waals surface area contributed by atoms with E-state index in [0.717, 1.165) is 11.3 Å². The Labute approximate surface area is 160 Å². The number of aliphatic hydroxyl groups excluding tert-OH is 1. The molecule has 3 rings (SSSR count). The van der Waals surface area contributed by atoms with E-state index in [9.17, 15) is 5.11 Å². The second kappa shape index (κ2) is 8.03. The van der Waals surface area contributed by atoms with Crippen molar-refractivity contribution in [3.05, 3.63) is 29.8 Å². The van der Waals surface area contributed by atoms with Crippen molar-refractivity contribution < 1.29 is 33.5 Å². The highest BCUT2D eigenvalue weighted by molar-refractivity contribution is 5.26. The standard InChI is InChI=1S/C20H30O7/c1-19(2)24-15(10-21)17(26-19)18-16(25-20(3,4)27-18)12-23-11-13-6-8-14(22-5)9-7-13/h6-9,15-18,21H,10-12H2,1-5H3/t15-,16+,17+,18-/m1/s1. The van der Waals surface area contributed by atoms with Crippen LogP contribution in [0.2, 0.25) is 0 Å². The highest BCUT2D eigenvalue weighted by Gasteiger charge is 2.53. The molecule has 1 N–H and O–H groups in total. The van der Waals surface area contributed by atoms with Gasteiger partial charge in [0.1, 0.15) is 30.2 Å². The van der Waals surface area contributed by atoms with Gasteiger partial charge in [-0.05, 0) is 45.4 Å². The van der Waals surface area contributed by atoms with Crippen LogP contribution in [-0.2, 0) is 30.3 Å². The zero-order valence-electron chi connectivity index (χ0n) is 16.6. The fourth-order valence-electron chi connectivity index (χ4n) is 3.57. The average molecular weight is 382 g/mol. The van der Waals surface area contributed by atoms with Gasteiger partial charge in [-0.25, -0.2) is 0 Å². The Balaban J connectivity index is 1.61. The van der Waals surface area contributed by atoms with Crippen molar-refractivity contribution in [2.75, 3.05) is 20.3 Å². The maximum Gasteiger partial charge on any atom is 0.164 e. The fourth-order valence-corrected chi connectivity index (χ4v) is 3.57. The molecule has 152 valence electrons. The van der Waals surface area contributed by atoms with Crippen LogP contribution in [0.1, 0.15) is 33.3 Å². The molecule has 0 aromatic heterocycles. The van der Waals surface area contributed by atoms with Crippen LogP contribution in [0.25, 0.3) is 0 Å². The van der Waals surface area contributed by atoms with Gasteiger partial charge >= 0.3 is 0 Å². The van der Waals surface area contributed by atoms with Gasteiger partial charge in [0.2, 0.25) is 0 Å². The van der Waals surface area contributed by atoms with Gasteiger partial charge in [0.05, 0.1) is 26.9 Å². The highest BCUT2D eigenvalue weighted by atomic mass is 16.8. The summed E-state index contributed by atoms with van der Waals surface area (Å²) in [6, 6.07) is 7.73. The quantitative estimate of drug-likeness (QED) is 0.775. The zero-order valence-corrected chi connectivity index (χ0v) is 16.6. The van der Waals surface area contributed by atoms with Crippen molar-refractivity contribution in [2.24, 2.45) is 0 Å². The SMILES string of the molecule is COc1ccc(COC[C@@H]2OC(C)(C)O[C@H]2[C@H]2OC(C)(C)O[C@@H]2CO)cc1. The van der Waals surface area contributed by atoms with Crippen molar-refractivity contribution in [1.82, 2.24) is 0 Å². The number of benzene rings is 1. The molecule has 2 fully saturated rings.